The maximum Gasteiger partial charge on any atom is 0.245 e. The Morgan fingerprint density at radius 3 is 1.32 bits per heavy atom. The molecule has 402 valence electrons. The summed E-state index contributed by atoms with van der Waals surface area (Å²) in [6.07, 6.45) is 7.38. The molecule has 74 heavy (non-hydrogen) atoms. The normalized spacial score (nSPS) is 23.8. The van der Waals surface area contributed by atoms with Crippen LogP contribution in [0.5, 0.6) is 0 Å². The monoisotopic (exact) mass is 1070 g/mol. The number of hydrogen-bond acceptors (Lipinski definition) is 14. The van der Waals surface area contributed by atoms with Crippen LogP contribution < -0.4 is 21.3 Å². The third kappa shape index (κ3) is 12.0. The van der Waals surface area contributed by atoms with Gasteiger partial charge in [0.25, 0.3) is 0 Å². The van der Waals surface area contributed by atoms with Gasteiger partial charge in [-0.25, -0.2) is 25.6 Å². The Kier molecular flexibility index (Phi) is 16.6. The van der Waals surface area contributed by atoms with Crippen LogP contribution in [0.4, 0.5) is 8.78 Å². The van der Waals surface area contributed by atoms with Gasteiger partial charge in [0, 0.05) is 74.3 Å². The largest absolute Gasteiger partial charge is 0.343 e. The first-order valence-corrected chi connectivity index (χ1v) is 28.7. The summed E-state index contributed by atoms with van der Waals surface area (Å²) in [4.78, 5) is 60.1. The highest BCUT2D eigenvalue weighted by Crippen LogP contribution is 2.40. The van der Waals surface area contributed by atoms with E-state index in [1.165, 1.54) is 32.9 Å². The molecule has 6 heterocycles. The Morgan fingerprint density at radius 2 is 0.986 bits per heavy atom. The van der Waals surface area contributed by atoms with Crippen molar-refractivity contribution in [1.82, 2.24) is 69.7 Å². The van der Waals surface area contributed by atoms with Gasteiger partial charge >= 0.3 is 0 Å². The molecule has 4 N–H and O–H groups in total. The van der Waals surface area contributed by atoms with E-state index in [-0.39, 0.29) is 63.9 Å². The van der Waals surface area contributed by atoms with Gasteiger partial charge in [-0.2, -0.15) is 8.61 Å². The molecule has 4 saturated heterocycles. The van der Waals surface area contributed by atoms with Crippen LogP contribution in [0.25, 0.3) is 22.5 Å². The number of likely N-dealkylation sites (tertiary alicyclic amines) is 2. The third-order valence-corrected chi connectivity index (χ3v) is 17.7. The highest BCUT2D eigenvalue weighted by atomic mass is 32.2. The lowest BCUT2D eigenvalue weighted by Crippen LogP contribution is -2.55. The Balaban J connectivity index is 0.990. The number of likely N-dealkylation sites (N-methyl/N-ethyl adjacent to an activating group) is 2. The quantitative estimate of drug-likeness (QED) is 0.0837. The van der Waals surface area contributed by atoms with E-state index in [0.717, 1.165) is 12.5 Å². The van der Waals surface area contributed by atoms with Crippen molar-refractivity contribution in [2.24, 2.45) is 11.8 Å². The summed E-state index contributed by atoms with van der Waals surface area (Å²) < 4.78 is 86.1. The summed E-state index contributed by atoms with van der Waals surface area (Å²) in [5, 5.41) is 28.8. The number of hydrogen-bond donors (Lipinski definition) is 4. The zero-order chi connectivity index (χ0) is 53.2. The van der Waals surface area contributed by atoms with Crippen molar-refractivity contribution < 1.29 is 44.8 Å². The number of carbonyl (C=O) groups excluding carboxylic acids is 4. The first-order valence-electron chi connectivity index (χ1n) is 25.0. The number of sulfonamides is 2. The fourth-order valence-electron chi connectivity index (χ4n) is 11.2. The van der Waals surface area contributed by atoms with Crippen LogP contribution in [0.2, 0.25) is 0 Å². The minimum Gasteiger partial charge on any atom is -0.343 e. The van der Waals surface area contributed by atoms with Gasteiger partial charge in [0.2, 0.25) is 43.7 Å². The van der Waals surface area contributed by atoms with Crippen molar-refractivity contribution >= 4 is 43.7 Å². The molecule has 4 aliphatic rings. The van der Waals surface area contributed by atoms with Gasteiger partial charge in [0.05, 0.1) is 49.1 Å². The van der Waals surface area contributed by atoms with E-state index >= 15 is 0 Å². The molecule has 4 amide bonds. The van der Waals surface area contributed by atoms with Crippen LogP contribution in [0.15, 0.2) is 60.9 Å². The SMILES string of the molecule is CN[C@@H](C)C(=O)NC(CCCCC(NC(=O)[C@H](C)NC)C(=O)N1CC[C@@H]2[C@H]1[C@@H](Cn1cc(-c3ccc(F)cc3)nn1)CN2S(C)(=O)=O)C(=O)N1CC[C@@H]2[C@H]1[C@@H](Cn1cc(-c3ccc(F)cc3)nn1)CN2S(C)(=O)=O. The van der Waals surface area contributed by atoms with Crippen LogP contribution in [0.3, 0.4) is 0 Å². The molecule has 0 radical (unpaired) electrons. The first-order chi connectivity index (χ1) is 35.1. The van der Waals surface area contributed by atoms with E-state index in [0.29, 0.717) is 48.2 Å². The molecule has 4 fully saturated rings. The van der Waals surface area contributed by atoms with Crippen LogP contribution in [-0.2, 0) is 52.3 Å². The summed E-state index contributed by atoms with van der Waals surface area (Å²) in [7, 11) is -4.15. The minimum atomic E-state index is -3.70. The smallest absolute Gasteiger partial charge is 0.245 e. The average molecular weight is 1070 g/mol. The Bertz CT molecular complexity index is 2700. The summed E-state index contributed by atoms with van der Waals surface area (Å²) in [6.45, 7) is 4.47. The summed E-state index contributed by atoms with van der Waals surface area (Å²) in [6, 6.07) is 6.06. The maximum absolute atomic E-state index is 14.9. The maximum atomic E-state index is 14.9. The van der Waals surface area contributed by atoms with Crippen LogP contribution >= 0.6 is 0 Å². The number of fused-ring (bicyclic) bond motifs is 2. The van der Waals surface area contributed by atoms with E-state index in [9.17, 15) is 44.8 Å². The van der Waals surface area contributed by atoms with Crippen LogP contribution in [0.1, 0.15) is 52.4 Å². The minimum absolute atomic E-state index is 0.120. The second-order valence-corrected chi connectivity index (χ2v) is 23.9. The number of carbonyl (C=O) groups is 4. The summed E-state index contributed by atoms with van der Waals surface area (Å²) in [5.41, 5.74) is 2.27. The third-order valence-electron chi connectivity index (χ3n) is 15.1. The van der Waals surface area contributed by atoms with Crippen molar-refractivity contribution in [3.05, 3.63) is 72.6 Å². The lowest BCUT2D eigenvalue weighted by atomic mass is 9.97. The fraction of sp³-hybridized carbons (Fsp3) is 0.583. The average Bonchev–Trinajstić information content (AvgIpc) is 4.24. The molecular weight excluding hydrogens is 1000 g/mol. The first kappa shape index (κ1) is 54.5. The number of amides is 4. The number of benzene rings is 2. The van der Waals surface area contributed by atoms with E-state index < -0.39 is 104 Å². The van der Waals surface area contributed by atoms with Crippen molar-refractivity contribution in [2.45, 2.75) is 114 Å². The van der Waals surface area contributed by atoms with Gasteiger partial charge < -0.3 is 31.1 Å². The zero-order valence-electron chi connectivity index (χ0n) is 42.3. The lowest BCUT2D eigenvalue weighted by Gasteiger charge is -2.33. The molecule has 0 aliphatic carbocycles. The molecule has 0 bridgehead atoms. The van der Waals surface area contributed by atoms with Gasteiger partial charge in [-0.1, -0.05) is 23.3 Å². The molecular formula is C48H66F2N14O8S2. The van der Waals surface area contributed by atoms with Gasteiger partial charge in [-0.05, 0) is 102 Å². The van der Waals surface area contributed by atoms with Gasteiger partial charge in [0.15, 0.2) is 0 Å². The predicted molar refractivity (Wildman–Crippen MR) is 268 cm³/mol. The Labute approximate surface area is 430 Å². The van der Waals surface area contributed by atoms with Gasteiger partial charge in [-0.15, -0.1) is 10.2 Å². The van der Waals surface area contributed by atoms with E-state index in [4.69, 9.17) is 0 Å². The van der Waals surface area contributed by atoms with E-state index in [1.54, 1.807) is 83.8 Å². The molecule has 2 aromatic carbocycles. The molecule has 0 saturated carbocycles. The zero-order valence-corrected chi connectivity index (χ0v) is 44.0. The summed E-state index contributed by atoms with van der Waals surface area (Å²) >= 11 is 0. The van der Waals surface area contributed by atoms with Crippen molar-refractivity contribution in [3.8, 4) is 22.5 Å². The number of nitrogens with zero attached hydrogens (tertiary/aromatic N) is 10. The van der Waals surface area contributed by atoms with Crippen LogP contribution in [0, 0.1) is 23.5 Å². The lowest BCUT2D eigenvalue weighted by molar-refractivity contribution is -0.139. The van der Waals surface area contributed by atoms with Crippen molar-refractivity contribution in [2.75, 3.05) is 52.8 Å². The molecule has 8 rings (SSSR count). The number of aromatic nitrogens is 6. The van der Waals surface area contributed by atoms with Gasteiger partial charge in [-0.3, -0.25) is 28.5 Å². The van der Waals surface area contributed by atoms with Crippen molar-refractivity contribution in [1.29, 1.82) is 0 Å². The molecule has 2 aromatic heterocycles. The molecule has 10 atom stereocenters. The van der Waals surface area contributed by atoms with E-state index in [1.807, 2.05) is 0 Å². The van der Waals surface area contributed by atoms with Gasteiger partial charge in [0.1, 0.15) is 35.1 Å². The molecule has 0 spiro atoms. The predicted octanol–water partition coefficient (Wildman–Crippen LogP) is 0.650. The second kappa shape index (κ2) is 22.6. The summed E-state index contributed by atoms with van der Waals surface area (Å²) in [5.74, 6) is -3.22. The standard InChI is InChI=1S/C48H66F2N14O8S2/c1-29(51-3)45(65)53-37(47(67)61-21-19-41-43(61)33(25-63(41)73(5,69)70)23-59-27-39(55-57-59)31-11-15-35(49)16-12-31)9-7-8-10-38(54-46(66)30(2)52-4)48(68)62-22-20-42-44(62)34(26-64(42)74(6,71)72)24-60-28-40(56-58-60)32-13-17-36(50)18-14-32/h11-18,27-30,33-34,37-38,41-44,51-52H,7-10,19-26H2,1-6H3,(H,53,65)(H,54,66)/t29-,30-,33-,34-,37?,38?,41+,42+,43+,44+/m0/s1. The number of nitrogens with one attached hydrogen (secondary N) is 4. The second-order valence-electron chi connectivity index (χ2n) is 20.0. The molecule has 26 heteroatoms. The van der Waals surface area contributed by atoms with Crippen LogP contribution in [-0.4, -0.2) is 190 Å². The Hall–Kier alpha value is -5.80. The number of halogens is 2. The topological polar surface area (TPSA) is 259 Å². The number of unbranched alkanes of at least 4 members (excludes halogenated alkanes) is 1. The number of rotatable bonds is 21. The van der Waals surface area contributed by atoms with E-state index in [2.05, 4.69) is 41.9 Å². The molecule has 2 unspecified atom stereocenters. The van der Waals surface area contributed by atoms with Crippen molar-refractivity contribution in [3.63, 3.8) is 0 Å². The highest BCUT2D eigenvalue weighted by molar-refractivity contribution is 7.88. The molecule has 4 aliphatic heterocycles. The Morgan fingerprint density at radius 1 is 0.622 bits per heavy atom. The fourth-order valence-corrected chi connectivity index (χ4v) is 13.5. The molecule has 22 nitrogen and oxygen atoms in total. The highest BCUT2D eigenvalue weighted by Gasteiger charge is 2.55. The molecule has 4 aromatic rings.